The standard InChI is InChI=1S/C14H13N3S2/c1-18-8-9-4-11(7-16-6-9)10-2-3-12-13(5-10)19-14(15)17-12/h2-7H,8H2,1H3,(H2,15,17). The summed E-state index contributed by atoms with van der Waals surface area (Å²) in [5.41, 5.74) is 10.2. The molecule has 0 radical (unpaired) electrons. The lowest BCUT2D eigenvalue weighted by molar-refractivity contribution is 1.25. The third kappa shape index (κ3) is 2.57. The first kappa shape index (κ1) is 12.4. The SMILES string of the molecule is CSCc1cncc(-c2ccc3nc(N)sc3c2)c1. The van der Waals surface area contributed by atoms with Crippen LogP contribution in [0.4, 0.5) is 5.13 Å². The third-order valence-electron chi connectivity index (χ3n) is 2.84. The van der Waals surface area contributed by atoms with Crippen molar-refractivity contribution >= 4 is 38.4 Å². The Hall–Kier alpha value is -1.59. The summed E-state index contributed by atoms with van der Waals surface area (Å²) in [7, 11) is 0. The van der Waals surface area contributed by atoms with Gasteiger partial charge in [0.05, 0.1) is 10.2 Å². The number of fused-ring (bicyclic) bond motifs is 1. The molecule has 0 saturated heterocycles. The molecule has 5 heteroatoms. The summed E-state index contributed by atoms with van der Waals surface area (Å²) >= 11 is 3.32. The smallest absolute Gasteiger partial charge is 0.181 e. The molecule has 2 N–H and O–H groups in total. The van der Waals surface area contributed by atoms with Crippen LogP contribution in [0.15, 0.2) is 36.7 Å². The van der Waals surface area contributed by atoms with E-state index in [2.05, 4.69) is 34.4 Å². The van der Waals surface area contributed by atoms with E-state index in [4.69, 9.17) is 5.73 Å². The van der Waals surface area contributed by atoms with Crippen LogP contribution >= 0.6 is 23.1 Å². The molecule has 1 aromatic carbocycles. The summed E-state index contributed by atoms with van der Waals surface area (Å²) in [5.74, 6) is 0.983. The van der Waals surface area contributed by atoms with Gasteiger partial charge in [-0.3, -0.25) is 4.98 Å². The predicted octanol–water partition coefficient (Wildman–Crippen LogP) is 3.80. The fraction of sp³-hybridized carbons (Fsp3) is 0.143. The van der Waals surface area contributed by atoms with Crippen molar-refractivity contribution in [1.29, 1.82) is 0 Å². The molecule has 0 aliphatic rings. The lowest BCUT2D eigenvalue weighted by atomic mass is 10.1. The van der Waals surface area contributed by atoms with Crippen molar-refractivity contribution in [3.05, 3.63) is 42.2 Å². The lowest BCUT2D eigenvalue weighted by Crippen LogP contribution is -1.85. The number of nitrogens with zero attached hydrogens (tertiary/aromatic N) is 2. The average Bonchev–Trinajstić information content (AvgIpc) is 2.78. The molecule has 96 valence electrons. The van der Waals surface area contributed by atoms with Crippen molar-refractivity contribution in [3.8, 4) is 11.1 Å². The number of aromatic nitrogens is 2. The molecule has 0 saturated carbocycles. The maximum atomic E-state index is 5.74. The lowest BCUT2D eigenvalue weighted by Gasteiger charge is -2.04. The molecule has 3 nitrogen and oxygen atoms in total. The van der Waals surface area contributed by atoms with E-state index >= 15 is 0 Å². The molecular formula is C14H13N3S2. The molecule has 0 amide bonds. The topological polar surface area (TPSA) is 51.8 Å². The van der Waals surface area contributed by atoms with Crippen LogP contribution in [0.2, 0.25) is 0 Å². The van der Waals surface area contributed by atoms with Gasteiger partial charge in [0.2, 0.25) is 0 Å². The van der Waals surface area contributed by atoms with E-state index in [1.165, 1.54) is 16.9 Å². The molecule has 3 rings (SSSR count). The number of pyridine rings is 1. The van der Waals surface area contributed by atoms with Crippen LogP contribution in [0, 0.1) is 0 Å². The Morgan fingerprint density at radius 3 is 2.95 bits per heavy atom. The van der Waals surface area contributed by atoms with Gasteiger partial charge >= 0.3 is 0 Å². The number of hydrogen-bond acceptors (Lipinski definition) is 5. The fourth-order valence-electron chi connectivity index (χ4n) is 2.01. The van der Waals surface area contributed by atoms with Crippen LogP contribution in [-0.4, -0.2) is 16.2 Å². The van der Waals surface area contributed by atoms with Gasteiger partial charge in [-0.25, -0.2) is 4.98 Å². The number of thiazole rings is 1. The second-order valence-electron chi connectivity index (χ2n) is 4.25. The van der Waals surface area contributed by atoms with E-state index in [0.717, 1.165) is 27.1 Å². The highest BCUT2D eigenvalue weighted by molar-refractivity contribution is 7.97. The number of nitrogen functional groups attached to an aromatic ring is 1. The second-order valence-corrected chi connectivity index (χ2v) is 6.18. The van der Waals surface area contributed by atoms with Crippen molar-refractivity contribution in [2.45, 2.75) is 5.75 Å². The Kier molecular flexibility index (Phi) is 3.40. The molecule has 0 aliphatic carbocycles. The zero-order valence-electron chi connectivity index (χ0n) is 10.5. The predicted molar refractivity (Wildman–Crippen MR) is 84.5 cm³/mol. The molecule has 3 aromatic rings. The highest BCUT2D eigenvalue weighted by Gasteiger charge is 2.05. The number of nitrogens with two attached hydrogens (primary N) is 1. The number of anilines is 1. The van der Waals surface area contributed by atoms with Crippen molar-refractivity contribution < 1.29 is 0 Å². The summed E-state index contributed by atoms with van der Waals surface area (Å²) < 4.78 is 1.12. The number of hydrogen-bond donors (Lipinski definition) is 1. The largest absolute Gasteiger partial charge is 0.375 e. The maximum Gasteiger partial charge on any atom is 0.181 e. The third-order valence-corrected chi connectivity index (χ3v) is 4.31. The van der Waals surface area contributed by atoms with E-state index in [-0.39, 0.29) is 0 Å². The molecule has 0 bridgehead atoms. The first-order valence-corrected chi connectivity index (χ1v) is 8.06. The van der Waals surface area contributed by atoms with Gasteiger partial charge in [0.15, 0.2) is 5.13 Å². The second kappa shape index (κ2) is 5.19. The Morgan fingerprint density at radius 1 is 1.21 bits per heavy atom. The zero-order valence-corrected chi connectivity index (χ0v) is 12.1. The molecule has 0 unspecified atom stereocenters. The summed E-state index contributed by atoms with van der Waals surface area (Å²) in [6.45, 7) is 0. The number of benzene rings is 1. The minimum absolute atomic E-state index is 0.612. The molecule has 0 aliphatic heterocycles. The van der Waals surface area contributed by atoms with E-state index in [0.29, 0.717) is 5.13 Å². The molecule has 0 spiro atoms. The quantitative estimate of drug-likeness (QED) is 0.796. The molecule has 0 fully saturated rings. The average molecular weight is 287 g/mol. The van der Waals surface area contributed by atoms with Gasteiger partial charge in [0.1, 0.15) is 0 Å². The van der Waals surface area contributed by atoms with E-state index in [1.54, 1.807) is 11.8 Å². The fourth-order valence-corrected chi connectivity index (χ4v) is 3.28. The Balaban J connectivity index is 2.05. The minimum Gasteiger partial charge on any atom is -0.375 e. The van der Waals surface area contributed by atoms with Crippen LogP contribution in [0.25, 0.3) is 21.3 Å². The molecular weight excluding hydrogens is 274 g/mol. The highest BCUT2D eigenvalue weighted by Crippen LogP contribution is 2.29. The van der Waals surface area contributed by atoms with E-state index in [1.807, 2.05) is 18.5 Å². The van der Waals surface area contributed by atoms with Gasteiger partial charge in [-0.2, -0.15) is 11.8 Å². The summed E-state index contributed by atoms with van der Waals surface area (Å²) in [4.78, 5) is 8.59. The van der Waals surface area contributed by atoms with Gasteiger partial charge in [0.25, 0.3) is 0 Å². The Bertz CT molecular complexity index is 722. The number of rotatable bonds is 3. The van der Waals surface area contributed by atoms with Gasteiger partial charge in [0, 0.05) is 23.7 Å². The molecule has 2 aromatic heterocycles. The van der Waals surface area contributed by atoms with Crippen molar-refractivity contribution in [3.63, 3.8) is 0 Å². The molecule has 2 heterocycles. The first-order chi connectivity index (χ1) is 9.26. The van der Waals surface area contributed by atoms with Gasteiger partial charge in [-0.05, 0) is 35.6 Å². The van der Waals surface area contributed by atoms with E-state index < -0.39 is 0 Å². The van der Waals surface area contributed by atoms with Gasteiger partial charge in [-0.1, -0.05) is 17.4 Å². The van der Waals surface area contributed by atoms with Crippen LogP contribution in [-0.2, 0) is 5.75 Å². The van der Waals surface area contributed by atoms with E-state index in [9.17, 15) is 0 Å². The molecule has 19 heavy (non-hydrogen) atoms. The zero-order chi connectivity index (χ0) is 13.2. The number of thioether (sulfide) groups is 1. The highest BCUT2D eigenvalue weighted by atomic mass is 32.2. The van der Waals surface area contributed by atoms with Gasteiger partial charge < -0.3 is 5.73 Å². The molecule has 0 atom stereocenters. The Labute approximate surface area is 119 Å². The summed E-state index contributed by atoms with van der Waals surface area (Å²) in [5, 5.41) is 0.612. The van der Waals surface area contributed by atoms with Crippen molar-refractivity contribution in [2.75, 3.05) is 12.0 Å². The first-order valence-electron chi connectivity index (χ1n) is 5.85. The van der Waals surface area contributed by atoms with Crippen LogP contribution in [0.5, 0.6) is 0 Å². The van der Waals surface area contributed by atoms with Crippen molar-refractivity contribution in [2.24, 2.45) is 0 Å². The summed E-state index contributed by atoms with van der Waals surface area (Å²) in [6.07, 6.45) is 5.91. The van der Waals surface area contributed by atoms with Crippen LogP contribution < -0.4 is 5.73 Å². The van der Waals surface area contributed by atoms with Crippen LogP contribution in [0.3, 0.4) is 0 Å². The Morgan fingerprint density at radius 2 is 2.11 bits per heavy atom. The summed E-state index contributed by atoms with van der Waals surface area (Å²) in [6, 6.07) is 8.40. The van der Waals surface area contributed by atoms with Crippen molar-refractivity contribution in [1.82, 2.24) is 9.97 Å². The minimum atomic E-state index is 0.612. The monoisotopic (exact) mass is 287 g/mol. The van der Waals surface area contributed by atoms with Gasteiger partial charge in [-0.15, -0.1) is 0 Å². The van der Waals surface area contributed by atoms with Crippen LogP contribution in [0.1, 0.15) is 5.56 Å². The normalized spacial score (nSPS) is 11.0. The maximum absolute atomic E-state index is 5.74.